The number of ether oxygens (including phenoxy) is 1. The maximum atomic E-state index is 13.6. The average molecular weight is 351 g/mol. The highest BCUT2D eigenvalue weighted by Crippen LogP contribution is 2.28. The van der Waals surface area contributed by atoms with Gasteiger partial charge in [0, 0.05) is 36.5 Å². The predicted octanol–water partition coefficient (Wildman–Crippen LogP) is 2.32. The highest BCUT2D eigenvalue weighted by molar-refractivity contribution is 6.24. The van der Waals surface area contributed by atoms with E-state index in [1.807, 2.05) is 0 Å². The lowest BCUT2D eigenvalue weighted by Gasteiger charge is -2.13. The van der Waals surface area contributed by atoms with Gasteiger partial charge in [-0.2, -0.15) is 0 Å². The van der Waals surface area contributed by atoms with E-state index in [0.29, 0.717) is 12.1 Å². The molecule has 1 N–H and O–H groups in total. The van der Waals surface area contributed by atoms with Crippen LogP contribution in [0.3, 0.4) is 0 Å². The van der Waals surface area contributed by atoms with E-state index in [-0.39, 0.29) is 22.4 Å². The van der Waals surface area contributed by atoms with Gasteiger partial charge < -0.3 is 14.4 Å². The van der Waals surface area contributed by atoms with Crippen molar-refractivity contribution in [2.45, 2.75) is 6.61 Å². The molecule has 0 unspecified atom stereocenters. The number of aliphatic hydroxyl groups is 1. The van der Waals surface area contributed by atoms with E-state index in [1.54, 1.807) is 0 Å². The van der Waals surface area contributed by atoms with Crippen molar-refractivity contribution in [1.29, 1.82) is 0 Å². The number of carbonyl (C=O) groups is 2. The number of Topliss-reactive ketones (excluding diaryl/α,β-unsaturated/α-hetero) is 1. The molecule has 0 saturated carbocycles. The van der Waals surface area contributed by atoms with Crippen LogP contribution in [-0.4, -0.2) is 27.8 Å². The van der Waals surface area contributed by atoms with E-state index in [1.165, 1.54) is 17.8 Å². The number of carbonyl (C=O) groups excluding carboxylic acids is 2. The van der Waals surface area contributed by atoms with Crippen molar-refractivity contribution in [2.75, 3.05) is 6.61 Å². The smallest absolute Gasteiger partial charge is 0.208 e. The van der Waals surface area contributed by atoms with Crippen LogP contribution in [0.15, 0.2) is 30.0 Å². The van der Waals surface area contributed by atoms with Crippen molar-refractivity contribution in [3.05, 3.63) is 64.3 Å². The molecule has 0 atom stereocenters. The number of benzene rings is 1. The lowest BCUT2D eigenvalue weighted by molar-refractivity contribution is 0.0966. The van der Waals surface area contributed by atoms with Gasteiger partial charge >= 0.3 is 0 Å². The van der Waals surface area contributed by atoms with Gasteiger partial charge in [0.15, 0.2) is 23.2 Å². The van der Waals surface area contributed by atoms with Gasteiger partial charge in [-0.15, -0.1) is 0 Å². The Morgan fingerprint density at radius 1 is 1.16 bits per heavy atom. The second-order valence-electron chi connectivity index (χ2n) is 5.50. The second-order valence-corrected chi connectivity index (χ2v) is 5.50. The van der Waals surface area contributed by atoms with E-state index >= 15 is 0 Å². The topological polar surface area (TPSA) is 68.5 Å². The first-order chi connectivity index (χ1) is 11.8. The molecule has 2 aromatic rings. The minimum atomic E-state index is -1.22. The van der Waals surface area contributed by atoms with E-state index in [0.717, 1.165) is 6.08 Å². The van der Waals surface area contributed by atoms with E-state index in [2.05, 4.69) is 0 Å². The Hall–Kier alpha value is -2.87. The fourth-order valence-corrected chi connectivity index (χ4v) is 2.73. The van der Waals surface area contributed by atoms with E-state index in [9.17, 15) is 22.8 Å². The van der Waals surface area contributed by atoms with Crippen LogP contribution in [0, 0.1) is 17.5 Å². The van der Waals surface area contributed by atoms with Crippen LogP contribution < -0.4 is 4.74 Å². The number of ketones is 2. The minimum Gasteiger partial charge on any atom is -0.483 e. The van der Waals surface area contributed by atoms with Crippen LogP contribution in [0.2, 0.25) is 0 Å². The maximum absolute atomic E-state index is 13.6. The summed E-state index contributed by atoms with van der Waals surface area (Å²) in [6, 6.07) is 0.952. The number of allylic oxidation sites excluding steroid dienone is 1. The van der Waals surface area contributed by atoms with Crippen LogP contribution in [0.25, 0.3) is 0 Å². The molecule has 25 heavy (non-hydrogen) atoms. The Morgan fingerprint density at radius 3 is 2.40 bits per heavy atom. The zero-order valence-electron chi connectivity index (χ0n) is 13.0. The van der Waals surface area contributed by atoms with Crippen molar-refractivity contribution >= 4 is 11.6 Å². The number of rotatable bonds is 4. The van der Waals surface area contributed by atoms with Crippen molar-refractivity contribution in [3.63, 3.8) is 0 Å². The minimum absolute atomic E-state index is 0.0400. The molecular weight excluding hydrogens is 339 g/mol. The first kappa shape index (κ1) is 17.0. The molecule has 0 bridgehead atoms. The Labute approximate surface area is 139 Å². The largest absolute Gasteiger partial charge is 0.483 e. The third kappa shape index (κ3) is 2.85. The molecule has 1 aromatic heterocycles. The molecule has 0 spiro atoms. The van der Waals surface area contributed by atoms with E-state index < -0.39 is 48.0 Å². The molecule has 3 rings (SSSR count). The Morgan fingerprint density at radius 2 is 1.80 bits per heavy atom. The number of nitrogens with zero attached hydrogens (tertiary/aromatic N) is 1. The normalized spacial score (nSPS) is 13.7. The van der Waals surface area contributed by atoms with Gasteiger partial charge in [0.1, 0.15) is 18.1 Å². The molecule has 130 valence electrons. The molecule has 5 nitrogen and oxygen atoms in total. The van der Waals surface area contributed by atoms with Gasteiger partial charge in [0.25, 0.3) is 0 Å². The monoisotopic (exact) mass is 351 g/mol. The van der Waals surface area contributed by atoms with Crippen LogP contribution in [0.4, 0.5) is 13.2 Å². The summed E-state index contributed by atoms with van der Waals surface area (Å²) in [7, 11) is 1.52. The van der Waals surface area contributed by atoms with Gasteiger partial charge in [-0.05, 0) is 6.08 Å². The molecule has 0 radical (unpaired) electrons. The zero-order valence-corrected chi connectivity index (χ0v) is 13.0. The fourth-order valence-electron chi connectivity index (χ4n) is 2.73. The van der Waals surface area contributed by atoms with Crippen molar-refractivity contribution in [2.24, 2.45) is 7.05 Å². The summed E-state index contributed by atoms with van der Waals surface area (Å²) in [5, 5.41) is 9.15. The maximum Gasteiger partial charge on any atom is 0.208 e. The number of aromatic nitrogens is 1. The van der Waals surface area contributed by atoms with Crippen LogP contribution >= 0.6 is 0 Å². The number of aliphatic hydroxyl groups excluding tert-OH is 1. The first-order valence-corrected chi connectivity index (χ1v) is 7.19. The number of hydrogen-bond acceptors (Lipinski definition) is 4. The third-order valence-electron chi connectivity index (χ3n) is 3.82. The summed E-state index contributed by atoms with van der Waals surface area (Å²) in [6.45, 7) is -0.975. The van der Waals surface area contributed by atoms with Crippen LogP contribution in [-0.2, 0) is 13.7 Å². The summed E-state index contributed by atoms with van der Waals surface area (Å²) in [4.78, 5) is 24.5. The molecule has 1 aromatic carbocycles. The summed E-state index contributed by atoms with van der Waals surface area (Å²) in [5.41, 5.74) is 0.317. The van der Waals surface area contributed by atoms with Gasteiger partial charge in [-0.3, -0.25) is 9.59 Å². The first-order valence-electron chi connectivity index (χ1n) is 7.19. The average Bonchev–Trinajstić information content (AvgIpc) is 2.87. The lowest BCUT2D eigenvalue weighted by Crippen LogP contribution is -2.21. The molecule has 0 saturated heterocycles. The third-order valence-corrected chi connectivity index (χ3v) is 3.82. The molecule has 0 fully saturated rings. The SMILES string of the molecule is Cn1cc(COc2c(F)cc(F)cc2F)c2c1C(=O)C(CO)=CC2=O. The molecule has 0 amide bonds. The summed E-state index contributed by atoms with van der Waals surface area (Å²) in [5.74, 6) is -5.32. The summed E-state index contributed by atoms with van der Waals surface area (Å²) >= 11 is 0. The summed E-state index contributed by atoms with van der Waals surface area (Å²) in [6.07, 6.45) is 2.45. The molecule has 1 aliphatic carbocycles. The van der Waals surface area contributed by atoms with Crippen molar-refractivity contribution < 1.29 is 32.6 Å². The molecule has 8 heteroatoms. The van der Waals surface area contributed by atoms with Gasteiger partial charge in [0.05, 0.1) is 12.2 Å². The van der Waals surface area contributed by atoms with Gasteiger partial charge in [0.2, 0.25) is 5.78 Å². The highest BCUT2D eigenvalue weighted by Gasteiger charge is 2.31. The second kappa shape index (κ2) is 6.21. The Kier molecular flexibility index (Phi) is 4.22. The van der Waals surface area contributed by atoms with Gasteiger partial charge in [-0.25, -0.2) is 13.2 Å². The van der Waals surface area contributed by atoms with Crippen molar-refractivity contribution in [1.82, 2.24) is 4.57 Å². The molecule has 0 aliphatic heterocycles. The van der Waals surface area contributed by atoms with Gasteiger partial charge in [-0.1, -0.05) is 0 Å². The highest BCUT2D eigenvalue weighted by atomic mass is 19.1. The lowest BCUT2D eigenvalue weighted by atomic mass is 9.93. The number of fused-ring (bicyclic) bond motifs is 1. The van der Waals surface area contributed by atoms with Crippen molar-refractivity contribution in [3.8, 4) is 5.75 Å². The standard InChI is InChI=1S/C17H12F3NO4/c1-21-5-9(7-25-17-11(19)3-10(18)4-12(17)20)14-13(23)2-8(6-22)16(24)15(14)21/h2-5,22H,6-7H2,1H3. The summed E-state index contributed by atoms with van der Waals surface area (Å²) < 4.78 is 46.6. The predicted molar refractivity (Wildman–Crippen MR) is 79.9 cm³/mol. The fraction of sp³-hybridized carbons (Fsp3) is 0.176. The Balaban J connectivity index is 1.94. The van der Waals surface area contributed by atoms with Crippen LogP contribution in [0.1, 0.15) is 26.4 Å². The quantitative estimate of drug-likeness (QED) is 0.918. The number of halogens is 3. The van der Waals surface area contributed by atoms with E-state index in [4.69, 9.17) is 9.84 Å². The zero-order chi connectivity index (χ0) is 18.3. The molecular formula is C17H12F3NO4. The number of aryl methyl sites for hydroxylation is 1. The molecule has 1 heterocycles. The Bertz CT molecular complexity index is 907. The number of hydrogen-bond donors (Lipinski definition) is 1. The molecule has 1 aliphatic rings. The van der Waals surface area contributed by atoms with Crippen LogP contribution in [0.5, 0.6) is 5.75 Å².